The number of hydrogen-bond donors (Lipinski definition) is 2. The number of amides is 1. The lowest BCUT2D eigenvalue weighted by Gasteiger charge is -2.20. The lowest BCUT2D eigenvalue weighted by atomic mass is 9.86. The largest absolute Gasteiger partial charge is 0.481 e. The van der Waals surface area contributed by atoms with E-state index in [9.17, 15) is 9.59 Å². The molecule has 0 aromatic carbocycles. The Bertz CT molecular complexity index is 265. The van der Waals surface area contributed by atoms with Crippen LogP contribution in [-0.4, -0.2) is 35.0 Å². The van der Waals surface area contributed by atoms with Crippen molar-refractivity contribution in [2.75, 3.05) is 18.1 Å². The van der Waals surface area contributed by atoms with Crippen LogP contribution in [0.25, 0.3) is 0 Å². The predicted octanol–water partition coefficient (Wildman–Crippen LogP) is 2.28. The molecule has 1 aliphatic rings. The number of hydrogen-bond acceptors (Lipinski definition) is 3. The van der Waals surface area contributed by atoms with Crippen LogP contribution in [0.1, 0.15) is 44.9 Å². The number of carboxylic acids is 1. The molecule has 0 bridgehead atoms. The minimum absolute atomic E-state index is 0.108. The van der Waals surface area contributed by atoms with Crippen LogP contribution >= 0.6 is 11.8 Å². The third kappa shape index (κ3) is 7.58. The van der Waals surface area contributed by atoms with Gasteiger partial charge in [-0.05, 0) is 12.3 Å². The molecule has 0 atom stereocenters. The minimum atomic E-state index is -0.802. The first kappa shape index (κ1) is 15.3. The molecular formula is C13H23NO3S. The Labute approximate surface area is 113 Å². The molecule has 1 fully saturated rings. The molecule has 0 aromatic heterocycles. The predicted molar refractivity (Wildman–Crippen MR) is 73.8 cm³/mol. The highest BCUT2D eigenvalue weighted by Crippen LogP contribution is 2.27. The zero-order valence-electron chi connectivity index (χ0n) is 10.8. The number of rotatable bonds is 8. The summed E-state index contributed by atoms with van der Waals surface area (Å²) < 4.78 is 0. The van der Waals surface area contributed by atoms with E-state index in [0.29, 0.717) is 18.7 Å². The molecule has 0 aliphatic heterocycles. The molecule has 18 heavy (non-hydrogen) atoms. The smallest absolute Gasteiger partial charge is 0.313 e. The van der Waals surface area contributed by atoms with Crippen molar-refractivity contribution in [3.8, 4) is 0 Å². The van der Waals surface area contributed by atoms with E-state index >= 15 is 0 Å². The zero-order valence-corrected chi connectivity index (χ0v) is 11.6. The Kier molecular flexibility index (Phi) is 7.89. The van der Waals surface area contributed by atoms with Gasteiger partial charge in [0, 0.05) is 18.7 Å². The van der Waals surface area contributed by atoms with Crippen molar-refractivity contribution in [2.24, 2.45) is 5.92 Å². The molecule has 0 unspecified atom stereocenters. The molecule has 0 spiro atoms. The molecule has 1 rings (SSSR count). The first-order valence-electron chi connectivity index (χ1n) is 6.74. The van der Waals surface area contributed by atoms with E-state index < -0.39 is 5.97 Å². The number of carbonyl (C=O) groups excluding carboxylic acids is 1. The van der Waals surface area contributed by atoms with Gasteiger partial charge in [-0.25, -0.2) is 0 Å². The monoisotopic (exact) mass is 273 g/mol. The summed E-state index contributed by atoms with van der Waals surface area (Å²) in [6.07, 6.45) is 8.17. The van der Waals surface area contributed by atoms with Gasteiger partial charge in [0.05, 0.1) is 5.75 Å². The van der Waals surface area contributed by atoms with Crippen LogP contribution in [0.2, 0.25) is 0 Å². The van der Waals surface area contributed by atoms with Gasteiger partial charge in [-0.3, -0.25) is 9.59 Å². The number of nitrogens with one attached hydrogen (secondary N) is 1. The summed E-state index contributed by atoms with van der Waals surface area (Å²) >= 11 is 1.34. The fraction of sp³-hybridized carbons (Fsp3) is 0.846. The number of aliphatic carboxylic acids is 1. The number of carboxylic acid groups (broad SMARTS) is 1. The maximum absolute atomic E-state index is 11.5. The molecule has 0 radical (unpaired) electrons. The molecule has 104 valence electrons. The Morgan fingerprint density at radius 3 is 2.61 bits per heavy atom. The summed E-state index contributed by atoms with van der Waals surface area (Å²) in [5.74, 6) is 0.824. The molecule has 0 saturated heterocycles. The molecule has 1 saturated carbocycles. The maximum atomic E-state index is 11.5. The fourth-order valence-corrected chi connectivity index (χ4v) is 2.89. The quantitative estimate of drug-likeness (QED) is 0.666. The molecule has 1 aliphatic carbocycles. The van der Waals surface area contributed by atoms with E-state index in [0.717, 1.165) is 12.3 Å². The van der Waals surface area contributed by atoms with E-state index in [2.05, 4.69) is 5.32 Å². The lowest BCUT2D eigenvalue weighted by Crippen LogP contribution is -2.26. The van der Waals surface area contributed by atoms with Gasteiger partial charge in [-0.1, -0.05) is 32.1 Å². The summed E-state index contributed by atoms with van der Waals surface area (Å²) in [5.41, 5.74) is 0. The summed E-state index contributed by atoms with van der Waals surface area (Å²) in [5, 5.41) is 11.3. The van der Waals surface area contributed by atoms with E-state index in [1.807, 2.05) is 0 Å². The SMILES string of the molecule is O=C(O)CSCCNC(=O)CCC1CCCCC1. The topological polar surface area (TPSA) is 66.4 Å². The van der Waals surface area contributed by atoms with Crippen molar-refractivity contribution >= 4 is 23.6 Å². The van der Waals surface area contributed by atoms with Gasteiger partial charge in [0.2, 0.25) is 5.91 Å². The summed E-state index contributed by atoms with van der Waals surface area (Å²) in [4.78, 5) is 21.8. The molecule has 0 heterocycles. The summed E-state index contributed by atoms with van der Waals surface area (Å²) in [7, 11) is 0. The van der Waals surface area contributed by atoms with E-state index in [-0.39, 0.29) is 11.7 Å². The second-order valence-electron chi connectivity index (χ2n) is 4.84. The van der Waals surface area contributed by atoms with E-state index in [1.165, 1.54) is 43.9 Å². The average molecular weight is 273 g/mol. The first-order chi connectivity index (χ1) is 8.68. The highest BCUT2D eigenvalue weighted by Gasteiger charge is 2.14. The van der Waals surface area contributed by atoms with Crippen LogP contribution in [0.3, 0.4) is 0 Å². The zero-order chi connectivity index (χ0) is 13.2. The molecule has 5 heteroatoms. The van der Waals surface area contributed by atoms with Crippen LogP contribution in [0.15, 0.2) is 0 Å². The Balaban J connectivity index is 1.94. The van der Waals surface area contributed by atoms with Gasteiger partial charge in [0.25, 0.3) is 0 Å². The Hall–Kier alpha value is -0.710. The van der Waals surface area contributed by atoms with Gasteiger partial charge in [0.15, 0.2) is 0 Å². The van der Waals surface area contributed by atoms with Crippen LogP contribution in [0, 0.1) is 5.92 Å². The van der Waals surface area contributed by atoms with Crippen molar-refractivity contribution in [3.05, 3.63) is 0 Å². The van der Waals surface area contributed by atoms with Crippen molar-refractivity contribution in [1.29, 1.82) is 0 Å². The molecule has 1 amide bonds. The molecule has 0 aromatic rings. The number of carbonyl (C=O) groups is 2. The molecule has 4 nitrogen and oxygen atoms in total. The van der Waals surface area contributed by atoms with Gasteiger partial charge < -0.3 is 10.4 Å². The Morgan fingerprint density at radius 1 is 1.22 bits per heavy atom. The molecular weight excluding hydrogens is 250 g/mol. The van der Waals surface area contributed by atoms with Gasteiger partial charge in [0.1, 0.15) is 0 Å². The normalized spacial score (nSPS) is 16.4. The second-order valence-corrected chi connectivity index (χ2v) is 5.94. The van der Waals surface area contributed by atoms with Gasteiger partial charge in [-0.2, -0.15) is 0 Å². The van der Waals surface area contributed by atoms with E-state index in [1.54, 1.807) is 0 Å². The van der Waals surface area contributed by atoms with Crippen molar-refractivity contribution in [3.63, 3.8) is 0 Å². The van der Waals surface area contributed by atoms with Crippen LogP contribution < -0.4 is 5.32 Å². The molecule has 2 N–H and O–H groups in total. The second kappa shape index (κ2) is 9.25. The standard InChI is InChI=1S/C13H23NO3S/c15-12(14-8-9-18-10-13(16)17)7-6-11-4-2-1-3-5-11/h11H,1-10H2,(H,14,15)(H,16,17). The maximum Gasteiger partial charge on any atom is 0.313 e. The fourth-order valence-electron chi connectivity index (χ4n) is 2.32. The lowest BCUT2D eigenvalue weighted by molar-refractivity contribution is -0.133. The third-order valence-electron chi connectivity index (χ3n) is 3.30. The van der Waals surface area contributed by atoms with Crippen LogP contribution in [0.4, 0.5) is 0 Å². The summed E-state index contributed by atoms with van der Waals surface area (Å²) in [6, 6.07) is 0. The third-order valence-corrected chi connectivity index (χ3v) is 4.24. The minimum Gasteiger partial charge on any atom is -0.481 e. The van der Waals surface area contributed by atoms with E-state index in [4.69, 9.17) is 5.11 Å². The van der Waals surface area contributed by atoms with Crippen molar-refractivity contribution in [2.45, 2.75) is 44.9 Å². The van der Waals surface area contributed by atoms with Crippen LogP contribution in [-0.2, 0) is 9.59 Å². The Morgan fingerprint density at radius 2 is 1.94 bits per heavy atom. The van der Waals surface area contributed by atoms with Gasteiger partial charge in [-0.15, -0.1) is 11.8 Å². The summed E-state index contributed by atoms with van der Waals surface area (Å²) in [6.45, 7) is 0.571. The van der Waals surface area contributed by atoms with Crippen molar-refractivity contribution in [1.82, 2.24) is 5.32 Å². The van der Waals surface area contributed by atoms with Crippen LogP contribution in [0.5, 0.6) is 0 Å². The highest BCUT2D eigenvalue weighted by atomic mass is 32.2. The van der Waals surface area contributed by atoms with Gasteiger partial charge >= 0.3 is 5.97 Å². The highest BCUT2D eigenvalue weighted by molar-refractivity contribution is 7.99. The number of thioether (sulfide) groups is 1. The van der Waals surface area contributed by atoms with Crippen molar-refractivity contribution < 1.29 is 14.7 Å². The average Bonchev–Trinajstić information content (AvgIpc) is 2.37. The first-order valence-corrected chi connectivity index (χ1v) is 7.90.